The van der Waals surface area contributed by atoms with Crippen molar-refractivity contribution in [1.29, 1.82) is 0 Å². The second-order valence-corrected chi connectivity index (χ2v) is 7.99. The first-order chi connectivity index (χ1) is 11.7. The molecule has 0 radical (unpaired) electrons. The van der Waals surface area contributed by atoms with Crippen molar-refractivity contribution in [3.8, 4) is 5.75 Å². The van der Waals surface area contributed by atoms with E-state index in [2.05, 4.69) is 25.1 Å². The summed E-state index contributed by atoms with van der Waals surface area (Å²) in [5.74, 6) is 3.56. The maximum absolute atomic E-state index is 10.2. The largest absolute Gasteiger partial charge is 0.496 e. The monoisotopic (exact) mass is 330 g/mol. The van der Waals surface area contributed by atoms with Gasteiger partial charge in [-0.1, -0.05) is 38.3 Å². The van der Waals surface area contributed by atoms with Crippen LogP contribution >= 0.6 is 0 Å². The molecule has 0 heterocycles. The van der Waals surface area contributed by atoms with Crippen LogP contribution in [0.1, 0.15) is 69.4 Å². The molecule has 1 saturated carbocycles. The Morgan fingerprint density at radius 1 is 1.17 bits per heavy atom. The summed E-state index contributed by atoms with van der Waals surface area (Å²) in [6.07, 6.45) is 11.9. The number of fused-ring (bicyclic) bond motifs is 2. The van der Waals surface area contributed by atoms with Crippen LogP contribution in [0.2, 0.25) is 0 Å². The van der Waals surface area contributed by atoms with E-state index >= 15 is 0 Å². The molecule has 1 aromatic carbocycles. The van der Waals surface area contributed by atoms with Gasteiger partial charge < -0.3 is 9.84 Å². The topological polar surface area (TPSA) is 29.5 Å². The Bertz CT molecular complexity index is 525. The van der Waals surface area contributed by atoms with Gasteiger partial charge in [-0.05, 0) is 79.9 Å². The molecular formula is C22H34O2. The summed E-state index contributed by atoms with van der Waals surface area (Å²) in [6.45, 7) is 2.22. The second-order valence-electron chi connectivity index (χ2n) is 7.99. The van der Waals surface area contributed by atoms with E-state index in [1.165, 1.54) is 62.5 Å². The number of methoxy groups -OCH3 is 1. The lowest BCUT2D eigenvalue weighted by atomic mass is 9.73. The van der Waals surface area contributed by atoms with Crippen molar-refractivity contribution in [2.24, 2.45) is 17.8 Å². The van der Waals surface area contributed by atoms with Crippen LogP contribution in [0.5, 0.6) is 5.75 Å². The zero-order valence-electron chi connectivity index (χ0n) is 15.5. The number of hydrogen-bond acceptors (Lipinski definition) is 2. The maximum atomic E-state index is 10.2. The molecule has 0 amide bonds. The molecule has 0 spiro atoms. The summed E-state index contributed by atoms with van der Waals surface area (Å²) in [5.41, 5.74) is 2.97. The third kappa shape index (κ3) is 3.96. The van der Waals surface area contributed by atoms with Crippen LogP contribution in [0.25, 0.3) is 0 Å². The van der Waals surface area contributed by atoms with Crippen LogP contribution in [0.3, 0.4) is 0 Å². The summed E-state index contributed by atoms with van der Waals surface area (Å²) in [6, 6.07) is 6.54. The standard InChI is InChI=1S/C22H34O2/c1-3-4-5-8-19(23)13-12-16-10-11-18-15-21-17(14-20(16)18)7-6-9-22(21)24-2/h6-7,9,16,18-20,23H,3-5,8,10-15H2,1-2H3/t16-,18?,19?,20-/m1/s1. The maximum Gasteiger partial charge on any atom is 0.122 e. The third-order valence-corrected chi connectivity index (χ3v) is 6.50. The van der Waals surface area contributed by atoms with E-state index in [0.717, 1.165) is 36.3 Å². The van der Waals surface area contributed by atoms with E-state index in [1.807, 2.05) is 0 Å². The van der Waals surface area contributed by atoms with Gasteiger partial charge in [0.05, 0.1) is 13.2 Å². The zero-order chi connectivity index (χ0) is 16.9. The van der Waals surface area contributed by atoms with E-state index in [9.17, 15) is 5.11 Å². The molecule has 0 aromatic heterocycles. The number of benzene rings is 1. The molecule has 1 aromatic rings. The van der Waals surface area contributed by atoms with E-state index in [0.29, 0.717) is 0 Å². The molecule has 0 saturated heterocycles. The smallest absolute Gasteiger partial charge is 0.122 e. The van der Waals surface area contributed by atoms with Crippen molar-refractivity contribution >= 4 is 0 Å². The third-order valence-electron chi connectivity index (χ3n) is 6.50. The number of rotatable bonds is 8. The lowest BCUT2D eigenvalue weighted by molar-refractivity contribution is 0.134. The van der Waals surface area contributed by atoms with Crippen molar-refractivity contribution < 1.29 is 9.84 Å². The number of unbranched alkanes of at least 4 members (excludes halogenated alkanes) is 2. The molecule has 2 heteroatoms. The predicted octanol–water partition coefficient (Wildman–Crippen LogP) is 5.16. The van der Waals surface area contributed by atoms with Crippen molar-refractivity contribution in [2.45, 2.75) is 77.2 Å². The summed E-state index contributed by atoms with van der Waals surface area (Å²) in [7, 11) is 1.79. The van der Waals surface area contributed by atoms with Gasteiger partial charge in [-0.3, -0.25) is 0 Å². The average Bonchev–Trinajstić information content (AvgIpc) is 2.99. The molecule has 0 aliphatic heterocycles. The Morgan fingerprint density at radius 3 is 2.83 bits per heavy atom. The van der Waals surface area contributed by atoms with Crippen molar-refractivity contribution in [3.05, 3.63) is 29.3 Å². The molecule has 2 aliphatic rings. The van der Waals surface area contributed by atoms with Gasteiger partial charge >= 0.3 is 0 Å². The highest BCUT2D eigenvalue weighted by Crippen LogP contribution is 2.48. The first kappa shape index (κ1) is 17.8. The number of ether oxygens (including phenoxy) is 1. The second kappa shape index (κ2) is 8.38. The van der Waals surface area contributed by atoms with Crippen LogP contribution < -0.4 is 4.74 Å². The molecule has 134 valence electrons. The van der Waals surface area contributed by atoms with Crippen LogP contribution in [0.15, 0.2) is 18.2 Å². The number of hydrogen-bond donors (Lipinski definition) is 1. The number of aliphatic hydroxyl groups is 1. The summed E-state index contributed by atoms with van der Waals surface area (Å²) < 4.78 is 5.58. The minimum atomic E-state index is -0.0772. The van der Waals surface area contributed by atoms with Gasteiger partial charge in [0, 0.05) is 0 Å². The Hall–Kier alpha value is -1.02. The SMILES string of the molecule is CCCCCC(O)CC[C@H]1CCC2Cc3c(cccc3OC)C[C@@H]21. The van der Waals surface area contributed by atoms with Crippen LogP contribution in [-0.4, -0.2) is 18.3 Å². The van der Waals surface area contributed by atoms with Crippen LogP contribution in [-0.2, 0) is 12.8 Å². The molecular weight excluding hydrogens is 296 g/mol. The zero-order valence-corrected chi connectivity index (χ0v) is 15.5. The van der Waals surface area contributed by atoms with Gasteiger partial charge in [-0.2, -0.15) is 0 Å². The van der Waals surface area contributed by atoms with Crippen LogP contribution in [0, 0.1) is 17.8 Å². The van der Waals surface area contributed by atoms with Gasteiger partial charge in [-0.15, -0.1) is 0 Å². The first-order valence-corrected chi connectivity index (χ1v) is 10.1. The molecule has 2 unspecified atom stereocenters. The molecule has 1 N–H and O–H groups in total. The highest BCUT2D eigenvalue weighted by Gasteiger charge is 2.39. The quantitative estimate of drug-likeness (QED) is 0.667. The van der Waals surface area contributed by atoms with E-state index in [-0.39, 0.29) is 6.10 Å². The van der Waals surface area contributed by atoms with E-state index in [4.69, 9.17) is 4.74 Å². The highest BCUT2D eigenvalue weighted by molar-refractivity contribution is 5.42. The fraction of sp³-hybridized carbons (Fsp3) is 0.727. The fourth-order valence-corrected chi connectivity index (χ4v) is 5.11. The Balaban J connectivity index is 1.56. The van der Waals surface area contributed by atoms with Gasteiger partial charge in [0.1, 0.15) is 5.75 Å². The molecule has 2 aliphatic carbocycles. The van der Waals surface area contributed by atoms with Gasteiger partial charge in [0.15, 0.2) is 0 Å². The Morgan fingerprint density at radius 2 is 2.04 bits per heavy atom. The highest BCUT2D eigenvalue weighted by atomic mass is 16.5. The molecule has 4 atom stereocenters. The molecule has 24 heavy (non-hydrogen) atoms. The lowest BCUT2D eigenvalue weighted by Crippen LogP contribution is -2.26. The minimum absolute atomic E-state index is 0.0772. The molecule has 2 nitrogen and oxygen atoms in total. The average molecular weight is 331 g/mol. The van der Waals surface area contributed by atoms with Gasteiger partial charge in [0.25, 0.3) is 0 Å². The van der Waals surface area contributed by atoms with Crippen molar-refractivity contribution in [2.75, 3.05) is 7.11 Å². The van der Waals surface area contributed by atoms with Crippen molar-refractivity contribution in [3.63, 3.8) is 0 Å². The lowest BCUT2D eigenvalue weighted by Gasteiger charge is -2.32. The Labute approximate surface area is 147 Å². The number of aliphatic hydroxyl groups excluding tert-OH is 1. The van der Waals surface area contributed by atoms with Gasteiger partial charge in [-0.25, -0.2) is 0 Å². The van der Waals surface area contributed by atoms with E-state index in [1.54, 1.807) is 7.11 Å². The van der Waals surface area contributed by atoms with Crippen molar-refractivity contribution in [1.82, 2.24) is 0 Å². The minimum Gasteiger partial charge on any atom is -0.496 e. The molecule has 1 fully saturated rings. The summed E-state index contributed by atoms with van der Waals surface area (Å²) >= 11 is 0. The molecule has 0 bridgehead atoms. The van der Waals surface area contributed by atoms with Gasteiger partial charge in [0.2, 0.25) is 0 Å². The first-order valence-electron chi connectivity index (χ1n) is 10.1. The van der Waals surface area contributed by atoms with Crippen LogP contribution in [0.4, 0.5) is 0 Å². The summed E-state index contributed by atoms with van der Waals surface area (Å²) in [4.78, 5) is 0. The normalized spacial score (nSPS) is 26.7. The predicted molar refractivity (Wildman–Crippen MR) is 99.5 cm³/mol. The fourth-order valence-electron chi connectivity index (χ4n) is 5.11. The molecule has 3 rings (SSSR count). The summed E-state index contributed by atoms with van der Waals surface area (Å²) in [5, 5.41) is 10.2. The van der Waals surface area contributed by atoms with E-state index < -0.39 is 0 Å². The Kier molecular flexibility index (Phi) is 6.21.